The molecule has 0 bridgehead atoms. The third-order valence-corrected chi connectivity index (χ3v) is 5.70. The molecular weight excluding hydrogens is 244 g/mol. The molecule has 2 saturated carbocycles. The van der Waals surface area contributed by atoms with Gasteiger partial charge >= 0.3 is 0 Å². The van der Waals surface area contributed by atoms with E-state index in [0.717, 1.165) is 24.2 Å². The fraction of sp³-hybridized carbons (Fsp3) is 0.722. The highest BCUT2D eigenvalue weighted by molar-refractivity contribution is 5.10. The van der Waals surface area contributed by atoms with Crippen molar-refractivity contribution in [3.05, 3.63) is 30.1 Å². The predicted octanol–water partition coefficient (Wildman–Crippen LogP) is 3.82. The van der Waals surface area contributed by atoms with Crippen LogP contribution in [0.25, 0.3) is 0 Å². The molecule has 20 heavy (non-hydrogen) atoms. The van der Waals surface area contributed by atoms with Gasteiger partial charge in [-0.05, 0) is 62.1 Å². The first kappa shape index (κ1) is 14.1. The first-order valence-electron chi connectivity index (χ1n) is 8.43. The average molecular weight is 272 g/mol. The van der Waals surface area contributed by atoms with Gasteiger partial charge in [0.1, 0.15) is 0 Å². The minimum absolute atomic E-state index is 0.627. The topological polar surface area (TPSA) is 24.9 Å². The second kappa shape index (κ2) is 6.71. The summed E-state index contributed by atoms with van der Waals surface area (Å²) in [5.41, 5.74) is 1.37. The molecule has 110 valence electrons. The van der Waals surface area contributed by atoms with Gasteiger partial charge in [0, 0.05) is 18.4 Å². The molecule has 1 aromatic heterocycles. The lowest BCUT2D eigenvalue weighted by atomic mass is 9.65. The molecule has 4 unspecified atom stereocenters. The van der Waals surface area contributed by atoms with Crippen LogP contribution in [0.2, 0.25) is 0 Å². The van der Waals surface area contributed by atoms with E-state index >= 15 is 0 Å². The molecule has 0 aliphatic heterocycles. The number of hydrogen-bond acceptors (Lipinski definition) is 2. The third kappa shape index (κ3) is 3.22. The molecule has 0 saturated heterocycles. The van der Waals surface area contributed by atoms with Gasteiger partial charge in [-0.3, -0.25) is 4.98 Å². The molecule has 0 spiro atoms. The molecule has 2 fully saturated rings. The Kier molecular flexibility index (Phi) is 4.72. The molecule has 2 nitrogen and oxygen atoms in total. The summed E-state index contributed by atoms with van der Waals surface area (Å²) in [7, 11) is 2.13. The molecule has 3 rings (SSSR count). The van der Waals surface area contributed by atoms with E-state index in [-0.39, 0.29) is 0 Å². The Hall–Kier alpha value is -0.890. The summed E-state index contributed by atoms with van der Waals surface area (Å²) in [6.07, 6.45) is 15.3. The summed E-state index contributed by atoms with van der Waals surface area (Å²) in [4.78, 5) is 4.25. The highest BCUT2D eigenvalue weighted by Crippen LogP contribution is 2.43. The van der Waals surface area contributed by atoms with Gasteiger partial charge in [0.15, 0.2) is 0 Å². The van der Waals surface area contributed by atoms with Crippen LogP contribution in [0.5, 0.6) is 0 Å². The standard InChI is InChI=1S/C18H28N2/c1-19-18(11-14-5-4-10-20-13-14)17-9-8-15-6-2-3-7-16(15)12-17/h4-5,10,13,15-19H,2-3,6-9,11-12H2,1H3. The van der Waals surface area contributed by atoms with Crippen molar-refractivity contribution >= 4 is 0 Å². The number of likely N-dealkylation sites (N-methyl/N-ethyl adjacent to an activating group) is 1. The van der Waals surface area contributed by atoms with Gasteiger partial charge in [-0.1, -0.05) is 31.7 Å². The molecule has 4 atom stereocenters. The summed E-state index contributed by atoms with van der Waals surface area (Å²) in [5.74, 6) is 2.93. The van der Waals surface area contributed by atoms with E-state index in [1.54, 1.807) is 0 Å². The summed E-state index contributed by atoms with van der Waals surface area (Å²) >= 11 is 0. The van der Waals surface area contributed by atoms with Crippen LogP contribution in [0.15, 0.2) is 24.5 Å². The average Bonchev–Trinajstić information content (AvgIpc) is 2.53. The van der Waals surface area contributed by atoms with Crippen molar-refractivity contribution in [3.8, 4) is 0 Å². The maximum atomic E-state index is 4.25. The molecule has 2 aliphatic carbocycles. The van der Waals surface area contributed by atoms with Gasteiger partial charge in [-0.15, -0.1) is 0 Å². The van der Waals surface area contributed by atoms with E-state index in [0.29, 0.717) is 6.04 Å². The normalized spacial score (nSPS) is 31.6. The Morgan fingerprint density at radius 2 is 2.05 bits per heavy atom. The van der Waals surface area contributed by atoms with Gasteiger partial charge in [-0.25, -0.2) is 0 Å². The van der Waals surface area contributed by atoms with Crippen LogP contribution in [-0.2, 0) is 6.42 Å². The molecule has 0 radical (unpaired) electrons. The SMILES string of the molecule is CNC(Cc1cccnc1)C1CCC2CCCCC2C1. The number of aromatic nitrogens is 1. The fourth-order valence-electron chi connectivity index (χ4n) is 4.55. The number of hydrogen-bond donors (Lipinski definition) is 1. The number of nitrogens with zero attached hydrogens (tertiary/aromatic N) is 1. The van der Waals surface area contributed by atoms with Crippen LogP contribution in [-0.4, -0.2) is 18.1 Å². The van der Waals surface area contributed by atoms with Crippen LogP contribution in [0.4, 0.5) is 0 Å². The number of fused-ring (bicyclic) bond motifs is 1. The summed E-state index contributed by atoms with van der Waals surface area (Å²) < 4.78 is 0. The summed E-state index contributed by atoms with van der Waals surface area (Å²) in [5, 5.41) is 3.59. The Labute approximate surface area is 123 Å². The van der Waals surface area contributed by atoms with E-state index in [9.17, 15) is 0 Å². The highest BCUT2D eigenvalue weighted by atomic mass is 14.9. The van der Waals surface area contributed by atoms with Crippen LogP contribution in [0.1, 0.15) is 50.5 Å². The van der Waals surface area contributed by atoms with Crippen molar-refractivity contribution in [1.82, 2.24) is 10.3 Å². The smallest absolute Gasteiger partial charge is 0.0300 e. The quantitative estimate of drug-likeness (QED) is 0.901. The lowest BCUT2D eigenvalue weighted by Gasteiger charge is -2.42. The van der Waals surface area contributed by atoms with Gasteiger partial charge in [0.25, 0.3) is 0 Å². The van der Waals surface area contributed by atoms with Crippen molar-refractivity contribution in [1.29, 1.82) is 0 Å². The molecule has 1 N–H and O–H groups in total. The Balaban J connectivity index is 1.61. The Bertz CT molecular complexity index is 403. The van der Waals surface area contributed by atoms with Crippen molar-refractivity contribution in [3.63, 3.8) is 0 Å². The monoisotopic (exact) mass is 272 g/mol. The van der Waals surface area contributed by atoms with Crippen molar-refractivity contribution in [2.75, 3.05) is 7.05 Å². The molecule has 2 heteroatoms. The Morgan fingerprint density at radius 3 is 2.80 bits per heavy atom. The zero-order valence-electron chi connectivity index (χ0n) is 12.7. The second-order valence-corrected chi connectivity index (χ2v) is 6.84. The van der Waals surface area contributed by atoms with Gasteiger partial charge in [0.05, 0.1) is 0 Å². The second-order valence-electron chi connectivity index (χ2n) is 6.84. The van der Waals surface area contributed by atoms with Crippen molar-refractivity contribution in [2.24, 2.45) is 17.8 Å². The highest BCUT2D eigenvalue weighted by Gasteiger charge is 2.34. The van der Waals surface area contributed by atoms with E-state index < -0.39 is 0 Å². The zero-order valence-corrected chi connectivity index (χ0v) is 12.7. The van der Waals surface area contributed by atoms with Gasteiger partial charge in [0.2, 0.25) is 0 Å². The Morgan fingerprint density at radius 1 is 1.20 bits per heavy atom. The van der Waals surface area contributed by atoms with E-state index in [4.69, 9.17) is 0 Å². The molecule has 0 amide bonds. The fourth-order valence-corrected chi connectivity index (χ4v) is 4.55. The molecule has 2 aliphatic rings. The van der Waals surface area contributed by atoms with Crippen LogP contribution < -0.4 is 5.32 Å². The summed E-state index contributed by atoms with van der Waals surface area (Å²) in [6, 6.07) is 4.89. The minimum atomic E-state index is 0.627. The summed E-state index contributed by atoms with van der Waals surface area (Å²) in [6.45, 7) is 0. The van der Waals surface area contributed by atoms with Crippen LogP contribution in [0.3, 0.4) is 0 Å². The minimum Gasteiger partial charge on any atom is -0.316 e. The third-order valence-electron chi connectivity index (χ3n) is 5.70. The zero-order chi connectivity index (χ0) is 13.8. The molecular formula is C18H28N2. The van der Waals surface area contributed by atoms with E-state index in [2.05, 4.69) is 29.5 Å². The van der Waals surface area contributed by atoms with Crippen molar-refractivity contribution < 1.29 is 0 Å². The van der Waals surface area contributed by atoms with Crippen LogP contribution >= 0.6 is 0 Å². The maximum Gasteiger partial charge on any atom is 0.0300 e. The molecule has 1 heterocycles. The lowest BCUT2D eigenvalue weighted by Crippen LogP contribution is -2.40. The van der Waals surface area contributed by atoms with E-state index in [1.165, 1.54) is 50.5 Å². The number of pyridine rings is 1. The largest absolute Gasteiger partial charge is 0.316 e. The first-order chi connectivity index (χ1) is 9.86. The molecule has 0 aromatic carbocycles. The number of rotatable bonds is 4. The lowest BCUT2D eigenvalue weighted by molar-refractivity contribution is 0.111. The maximum absolute atomic E-state index is 4.25. The van der Waals surface area contributed by atoms with Gasteiger partial charge < -0.3 is 5.32 Å². The van der Waals surface area contributed by atoms with Crippen LogP contribution in [0, 0.1) is 17.8 Å². The van der Waals surface area contributed by atoms with E-state index in [1.807, 2.05) is 12.4 Å². The number of nitrogens with one attached hydrogen (secondary N) is 1. The van der Waals surface area contributed by atoms with Gasteiger partial charge in [-0.2, -0.15) is 0 Å². The molecule has 1 aromatic rings. The van der Waals surface area contributed by atoms with Crippen molar-refractivity contribution in [2.45, 2.75) is 57.4 Å². The predicted molar refractivity (Wildman–Crippen MR) is 83.6 cm³/mol. The first-order valence-corrected chi connectivity index (χ1v) is 8.43.